The third-order valence-electron chi connectivity index (χ3n) is 5.93. The quantitative estimate of drug-likeness (QED) is 0.598. The van der Waals surface area contributed by atoms with E-state index in [-0.39, 0.29) is 10.9 Å². The number of halogens is 2. The molecule has 0 radical (unpaired) electrons. The van der Waals surface area contributed by atoms with E-state index in [4.69, 9.17) is 16.6 Å². The van der Waals surface area contributed by atoms with Crippen LogP contribution >= 0.6 is 11.6 Å². The van der Waals surface area contributed by atoms with Crippen LogP contribution in [0.2, 0.25) is 5.02 Å². The fourth-order valence-corrected chi connectivity index (χ4v) is 4.27. The Bertz CT molecular complexity index is 1060. The zero-order valence-corrected chi connectivity index (χ0v) is 18.4. The Kier molecular flexibility index (Phi) is 6.23. The minimum Gasteiger partial charge on any atom is -0.342 e. The monoisotopic (exact) mass is 436 g/mol. The molecule has 0 aliphatic carbocycles. The van der Waals surface area contributed by atoms with Crippen LogP contribution in [0.15, 0.2) is 82.7 Å². The van der Waals surface area contributed by atoms with Crippen molar-refractivity contribution in [1.82, 2.24) is 9.80 Å². The van der Waals surface area contributed by atoms with Crippen molar-refractivity contribution in [1.29, 1.82) is 0 Å². The number of nitrogens with zero attached hydrogens (tertiary/aromatic N) is 4. The average Bonchev–Trinajstić information content (AvgIpc) is 3.07. The summed E-state index contributed by atoms with van der Waals surface area (Å²) in [6, 6.07) is 4.82. The van der Waals surface area contributed by atoms with E-state index in [0.717, 1.165) is 66.4 Å². The third-order valence-corrected chi connectivity index (χ3v) is 6.22. The molecule has 3 aliphatic rings. The molecule has 3 aliphatic heterocycles. The summed E-state index contributed by atoms with van der Waals surface area (Å²) in [7, 11) is 1.99. The Balaban J connectivity index is 1.57. The summed E-state index contributed by atoms with van der Waals surface area (Å²) in [5.74, 6) is 0.711. The molecule has 1 unspecified atom stereocenters. The van der Waals surface area contributed by atoms with E-state index in [2.05, 4.69) is 29.1 Å². The zero-order valence-electron chi connectivity index (χ0n) is 17.7. The molecule has 1 atom stereocenters. The molecule has 0 bridgehead atoms. The fraction of sp³-hybridized carbons (Fsp3) is 0.280. The Morgan fingerprint density at radius 1 is 1.32 bits per heavy atom. The molecule has 6 heteroatoms. The molecule has 0 aromatic heterocycles. The van der Waals surface area contributed by atoms with E-state index in [1.54, 1.807) is 18.3 Å². The lowest BCUT2D eigenvalue weighted by Crippen LogP contribution is -2.47. The topological polar surface area (TPSA) is 31.2 Å². The molecule has 1 aromatic rings. The summed E-state index contributed by atoms with van der Waals surface area (Å²) < 4.78 is 13.6. The maximum Gasteiger partial charge on any atom is 0.206 e. The van der Waals surface area contributed by atoms with Gasteiger partial charge in [0.2, 0.25) is 5.96 Å². The summed E-state index contributed by atoms with van der Waals surface area (Å²) in [5.41, 5.74) is 4.70. The maximum atomic E-state index is 13.6. The molecule has 0 saturated carbocycles. The molecule has 160 valence electrons. The number of aliphatic imine (C=N–C) groups is 2. The van der Waals surface area contributed by atoms with Crippen molar-refractivity contribution in [3.63, 3.8) is 0 Å². The highest BCUT2D eigenvalue weighted by Gasteiger charge is 2.29. The lowest BCUT2D eigenvalue weighted by molar-refractivity contribution is 0.275. The third kappa shape index (κ3) is 4.57. The Morgan fingerprint density at radius 3 is 2.97 bits per heavy atom. The first-order chi connectivity index (χ1) is 14.9. The van der Waals surface area contributed by atoms with Gasteiger partial charge in [-0.2, -0.15) is 0 Å². The van der Waals surface area contributed by atoms with Gasteiger partial charge in [0.05, 0.1) is 10.7 Å². The Morgan fingerprint density at radius 2 is 2.16 bits per heavy atom. The average molecular weight is 437 g/mol. The van der Waals surface area contributed by atoms with Gasteiger partial charge in [0.15, 0.2) is 0 Å². The van der Waals surface area contributed by atoms with Gasteiger partial charge in [-0.05, 0) is 53.8 Å². The molecule has 31 heavy (non-hydrogen) atoms. The van der Waals surface area contributed by atoms with E-state index in [0.29, 0.717) is 0 Å². The van der Waals surface area contributed by atoms with Gasteiger partial charge in [-0.3, -0.25) is 4.99 Å². The van der Waals surface area contributed by atoms with Crippen LogP contribution < -0.4 is 0 Å². The number of guanidine groups is 1. The van der Waals surface area contributed by atoms with Crippen molar-refractivity contribution in [3.8, 4) is 0 Å². The van der Waals surface area contributed by atoms with E-state index in [1.165, 1.54) is 6.07 Å². The van der Waals surface area contributed by atoms with Crippen LogP contribution in [0, 0.1) is 11.7 Å². The lowest BCUT2D eigenvalue weighted by atomic mass is 9.87. The van der Waals surface area contributed by atoms with Gasteiger partial charge in [0.25, 0.3) is 0 Å². The summed E-state index contributed by atoms with van der Waals surface area (Å²) in [6.45, 7) is 10.2. The van der Waals surface area contributed by atoms with Crippen molar-refractivity contribution in [3.05, 3.63) is 89.2 Å². The number of likely N-dealkylation sites (tertiary alicyclic amines) is 1. The Hall–Kier alpha value is -2.92. The van der Waals surface area contributed by atoms with Gasteiger partial charge in [-0.25, -0.2) is 9.38 Å². The summed E-state index contributed by atoms with van der Waals surface area (Å²) in [6.07, 6.45) is 12.6. The zero-order chi connectivity index (χ0) is 22.0. The summed E-state index contributed by atoms with van der Waals surface area (Å²) in [4.78, 5) is 13.5. The number of hydrogen-bond acceptors (Lipinski definition) is 4. The minimum atomic E-state index is -0.410. The highest BCUT2D eigenvalue weighted by Crippen LogP contribution is 2.33. The smallest absolute Gasteiger partial charge is 0.206 e. The number of hydrogen-bond donors (Lipinski definition) is 0. The van der Waals surface area contributed by atoms with Crippen LogP contribution in [0.1, 0.15) is 24.8 Å². The van der Waals surface area contributed by atoms with Crippen molar-refractivity contribution in [2.24, 2.45) is 15.9 Å². The van der Waals surface area contributed by atoms with E-state index >= 15 is 0 Å². The molecular weight excluding hydrogens is 411 g/mol. The van der Waals surface area contributed by atoms with E-state index < -0.39 is 5.82 Å². The van der Waals surface area contributed by atoms with Crippen molar-refractivity contribution in [2.45, 2.75) is 19.3 Å². The molecule has 0 spiro atoms. The fourth-order valence-electron chi connectivity index (χ4n) is 4.09. The first kappa shape index (κ1) is 21.3. The second-order valence-electron chi connectivity index (χ2n) is 7.97. The van der Waals surface area contributed by atoms with Crippen LogP contribution in [0.25, 0.3) is 5.57 Å². The first-order valence-electron chi connectivity index (χ1n) is 10.4. The van der Waals surface area contributed by atoms with Crippen LogP contribution in [-0.2, 0) is 0 Å². The standard InChI is InChI=1S/C25H26ClFN4/c1-17-14-24(19-6-4-11-28-12-10-19)29-25(30(17)3)31-13-5-7-21(16-31)18(2)20-8-9-23(27)22(26)15-20/h6,8-12,14-15,21H,1-2,4-5,7,13,16H2,3H3. The second kappa shape index (κ2) is 9.06. The molecular formula is C25H26ClFN4. The normalized spacial score (nSPS) is 21.5. The van der Waals surface area contributed by atoms with Gasteiger partial charge >= 0.3 is 0 Å². The molecule has 4 rings (SSSR count). The Labute approximate surface area is 188 Å². The number of piperidine rings is 1. The van der Waals surface area contributed by atoms with Crippen molar-refractivity contribution >= 4 is 29.3 Å². The second-order valence-corrected chi connectivity index (χ2v) is 8.38. The number of allylic oxidation sites excluding steroid dienone is 3. The number of rotatable bonds is 3. The van der Waals surface area contributed by atoms with E-state index in [1.807, 2.05) is 30.3 Å². The molecule has 4 nitrogen and oxygen atoms in total. The van der Waals surface area contributed by atoms with Crippen molar-refractivity contribution in [2.75, 3.05) is 20.1 Å². The maximum absolute atomic E-state index is 13.6. The molecule has 1 aromatic carbocycles. The predicted molar refractivity (Wildman–Crippen MR) is 127 cm³/mol. The van der Waals surface area contributed by atoms with Gasteiger partial charge in [-0.1, -0.05) is 36.9 Å². The van der Waals surface area contributed by atoms with Crippen LogP contribution in [-0.4, -0.2) is 42.1 Å². The number of benzene rings is 1. The van der Waals surface area contributed by atoms with E-state index in [9.17, 15) is 4.39 Å². The molecule has 1 fully saturated rings. The minimum absolute atomic E-state index is 0.127. The highest BCUT2D eigenvalue weighted by molar-refractivity contribution is 6.30. The van der Waals surface area contributed by atoms with Gasteiger partial charge in [0, 0.05) is 50.6 Å². The first-order valence-corrected chi connectivity index (χ1v) is 10.8. The van der Waals surface area contributed by atoms with Crippen LogP contribution in [0.4, 0.5) is 4.39 Å². The van der Waals surface area contributed by atoms with Gasteiger partial charge < -0.3 is 9.80 Å². The molecule has 0 amide bonds. The summed E-state index contributed by atoms with van der Waals surface area (Å²) >= 11 is 6.00. The summed E-state index contributed by atoms with van der Waals surface area (Å²) in [5, 5.41) is 0.127. The molecule has 0 N–H and O–H groups in total. The van der Waals surface area contributed by atoms with Gasteiger partial charge in [0.1, 0.15) is 5.82 Å². The predicted octanol–water partition coefficient (Wildman–Crippen LogP) is 5.82. The SMILES string of the molecule is C=C(c1ccc(F)c(Cl)c1)C1CCCN(C2=NC(C3=CCC=NC=C3)=CC(=C)N2C)C1. The number of likely N-dealkylation sites (N-methyl/N-ethyl adjacent to an activating group) is 1. The lowest BCUT2D eigenvalue weighted by Gasteiger charge is -2.40. The van der Waals surface area contributed by atoms with Crippen LogP contribution in [0.3, 0.4) is 0 Å². The largest absolute Gasteiger partial charge is 0.342 e. The molecule has 1 saturated heterocycles. The highest BCUT2D eigenvalue weighted by atomic mass is 35.5. The van der Waals surface area contributed by atoms with Gasteiger partial charge in [-0.15, -0.1) is 0 Å². The van der Waals surface area contributed by atoms with Crippen molar-refractivity contribution < 1.29 is 4.39 Å². The molecule has 3 heterocycles. The van der Waals surface area contributed by atoms with Crippen LogP contribution in [0.5, 0.6) is 0 Å².